The van der Waals surface area contributed by atoms with Gasteiger partial charge in [-0.15, -0.1) is 24.0 Å². The van der Waals surface area contributed by atoms with Crippen LogP contribution in [0, 0.1) is 0 Å². The van der Waals surface area contributed by atoms with Crippen molar-refractivity contribution in [2.45, 2.75) is 19.8 Å². The van der Waals surface area contributed by atoms with Crippen LogP contribution in [-0.2, 0) is 17.6 Å². The number of fused-ring (bicyclic) bond motifs is 1. The fraction of sp³-hybridized carbons (Fsp3) is 0.562. The van der Waals surface area contributed by atoms with E-state index in [0.717, 1.165) is 44.2 Å². The Morgan fingerprint density at radius 1 is 1.36 bits per heavy atom. The molecule has 6 heteroatoms. The lowest BCUT2D eigenvalue weighted by Gasteiger charge is -2.11. The van der Waals surface area contributed by atoms with Gasteiger partial charge in [-0.25, -0.2) is 0 Å². The molecule has 0 saturated carbocycles. The van der Waals surface area contributed by atoms with Crippen LogP contribution in [-0.4, -0.2) is 45.9 Å². The van der Waals surface area contributed by atoms with Gasteiger partial charge < -0.3 is 20.1 Å². The monoisotopic (exact) mass is 419 g/mol. The zero-order valence-electron chi connectivity index (χ0n) is 13.4. The van der Waals surface area contributed by atoms with E-state index in [2.05, 4.69) is 40.7 Å². The highest BCUT2D eigenvalue weighted by Gasteiger charge is 2.11. The predicted molar refractivity (Wildman–Crippen MR) is 101 cm³/mol. The number of ether oxygens (including phenoxy) is 2. The van der Waals surface area contributed by atoms with Crippen LogP contribution in [0.1, 0.15) is 18.1 Å². The highest BCUT2D eigenvalue weighted by atomic mass is 127. The Hall–Kier alpha value is -1.02. The number of nitrogens with one attached hydrogen (secondary N) is 2. The van der Waals surface area contributed by atoms with Gasteiger partial charge in [0, 0.05) is 26.6 Å². The normalized spacial score (nSPS) is 13.1. The Morgan fingerprint density at radius 3 is 3.00 bits per heavy atom. The molecule has 1 aliphatic heterocycles. The van der Waals surface area contributed by atoms with Crippen LogP contribution < -0.4 is 15.4 Å². The molecule has 1 aliphatic rings. The molecule has 124 valence electrons. The number of hydrogen-bond donors (Lipinski definition) is 2. The summed E-state index contributed by atoms with van der Waals surface area (Å²) in [6.07, 6.45) is 2.00. The molecule has 1 aromatic carbocycles. The lowest BCUT2D eigenvalue weighted by Crippen LogP contribution is -2.38. The van der Waals surface area contributed by atoms with Crippen molar-refractivity contribution in [2.24, 2.45) is 4.99 Å². The van der Waals surface area contributed by atoms with Gasteiger partial charge in [-0.3, -0.25) is 4.99 Å². The maximum absolute atomic E-state index is 5.53. The van der Waals surface area contributed by atoms with Crippen LogP contribution in [0.4, 0.5) is 0 Å². The second kappa shape index (κ2) is 10.7. The van der Waals surface area contributed by atoms with Crippen molar-refractivity contribution >= 4 is 29.9 Å². The first kappa shape index (κ1) is 19.0. The van der Waals surface area contributed by atoms with E-state index in [1.54, 1.807) is 7.11 Å². The molecule has 0 amide bonds. The molecule has 0 radical (unpaired) electrons. The average molecular weight is 419 g/mol. The number of guanidine groups is 1. The zero-order valence-corrected chi connectivity index (χ0v) is 15.7. The SMILES string of the molecule is CCNC(=NCCOC)NCCc1ccc2c(c1)CCO2.I. The van der Waals surface area contributed by atoms with E-state index in [0.29, 0.717) is 13.2 Å². The van der Waals surface area contributed by atoms with Gasteiger partial charge in [0.25, 0.3) is 0 Å². The molecule has 0 unspecified atom stereocenters. The van der Waals surface area contributed by atoms with Crippen LogP contribution in [0.5, 0.6) is 5.75 Å². The first-order valence-electron chi connectivity index (χ1n) is 7.59. The third kappa shape index (κ3) is 6.00. The summed E-state index contributed by atoms with van der Waals surface area (Å²) in [5, 5.41) is 6.58. The van der Waals surface area contributed by atoms with E-state index in [-0.39, 0.29) is 24.0 Å². The molecule has 0 spiro atoms. The van der Waals surface area contributed by atoms with Crippen molar-refractivity contribution in [3.8, 4) is 5.75 Å². The Kier molecular flexibility index (Phi) is 9.22. The number of methoxy groups -OCH3 is 1. The largest absolute Gasteiger partial charge is 0.493 e. The summed E-state index contributed by atoms with van der Waals surface area (Å²) in [4.78, 5) is 4.44. The summed E-state index contributed by atoms with van der Waals surface area (Å²) >= 11 is 0. The third-order valence-corrected chi connectivity index (χ3v) is 3.37. The van der Waals surface area contributed by atoms with Crippen molar-refractivity contribution in [2.75, 3.05) is 40.0 Å². The quantitative estimate of drug-likeness (QED) is 0.307. The van der Waals surface area contributed by atoms with Crippen molar-refractivity contribution in [3.05, 3.63) is 29.3 Å². The molecular formula is C16H26IN3O2. The zero-order chi connectivity index (χ0) is 14.9. The number of nitrogens with zero attached hydrogens (tertiary/aromatic N) is 1. The molecular weight excluding hydrogens is 393 g/mol. The second-order valence-electron chi connectivity index (χ2n) is 4.97. The molecule has 2 N–H and O–H groups in total. The Morgan fingerprint density at radius 2 is 2.23 bits per heavy atom. The van der Waals surface area contributed by atoms with Crippen molar-refractivity contribution in [3.63, 3.8) is 0 Å². The minimum Gasteiger partial charge on any atom is -0.493 e. The lowest BCUT2D eigenvalue weighted by molar-refractivity contribution is 0.208. The molecule has 0 bridgehead atoms. The Balaban J connectivity index is 0.00000242. The van der Waals surface area contributed by atoms with E-state index >= 15 is 0 Å². The first-order valence-corrected chi connectivity index (χ1v) is 7.59. The molecule has 0 saturated heterocycles. The fourth-order valence-electron chi connectivity index (χ4n) is 2.31. The van der Waals surface area contributed by atoms with Crippen LogP contribution in [0.3, 0.4) is 0 Å². The minimum absolute atomic E-state index is 0. The number of halogens is 1. The van der Waals surface area contributed by atoms with Gasteiger partial charge in [0.05, 0.1) is 19.8 Å². The van der Waals surface area contributed by atoms with Crippen molar-refractivity contribution < 1.29 is 9.47 Å². The van der Waals surface area contributed by atoms with Crippen molar-refractivity contribution in [1.29, 1.82) is 0 Å². The molecule has 5 nitrogen and oxygen atoms in total. The van der Waals surface area contributed by atoms with Gasteiger partial charge in [0.2, 0.25) is 0 Å². The fourth-order valence-corrected chi connectivity index (χ4v) is 2.31. The van der Waals surface area contributed by atoms with Gasteiger partial charge in [-0.1, -0.05) is 12.1 Å². The van der Waals surface area contributed by atoms with Crippen molar-refractivity contribution in [1.82, 2.24) is 10.6 Å². The molecule has 1 aromatic rings. The summed E-state index contributed by atoms with van der Waals surface area (Å²) in [5.74, 6) is 1.89. The smallest absolute Gasteiger partial charge is 0.191 e. The lowest BCUT2D eigenvalue weighted by atomic mass is 10.1. The highest BCUT2D eigenvalue weighted by molar-refractivity contribution is 14.0. The highest BCUT2D eigenvalue weighted by Crippen LogP contribution is 2.25. The van der Waals surface area contributed by atoms with E-state index in [1.807, 2.05) is 0 Å². The maximum Gasteiger partial charge on any atom is 0.191 e. The number of rotatable bonds is 7. The Labute approximate surface area is 149 Å². The standard InChI is InChI=1S/C16H25N3O2.HI/c1-3-17-16(19-9-11-20-2)18-8-6-13-4-5-15-14(12-13)7-10-21-15;/h4-5,12H,3,6-11H2,1-2H3,(H2,17,18,19);1H. The minimum atomic E-state index is 0. The van der Waals surface area contributed by atoms with Gasteiger partial charge in [0.15, 0.2) is 5.96 Å². The van der Waals surface area contributed by atoms with Gasteiger partial charge in [0.1, 0.15) is 5.75 Å². The van der Waals surface area contributed by atoms with Crippen LogP contribution in [0.2, 0.25) is 0 Å². The predicted octanol–water partition coefficient (Wildman–Crippen LogP) is 1.98. The van der Waals surface area contributed by atoms with Gasteiger partial charge in [-0.05, 0) is 30.5 Å². The second-order valence-corrected chi connectivity index (χ2v) is 4.97. The first-order chi connectivity index (χ1) is 10.3. The van der Waals surface area contributed by atoms with E-state index < -0.39 is 0 Å². The summed E-state index contributed by atoms with van der Waals surface area (Å²) in [6.45, 7) is 5.90. The maximum atomic E-state index is 5.53. The Bertz CT molecular complexity index is 480. The molecule has 0 aliphatic carbocycles. The number of benzene rings is 1. The van der Waals surface area contributed by atoms with Gasteiger partial charge in [-0.2, -0.15) is 0 Å². The van der Waals surface area contributed by atoms with Crippen LogP contribution in [0.25, 0.3) is 0 Å². The average Bonchev–Trinajstić information content (AvgIpc) is 2.95. The topological polar surface area (TPSA) is 54.9 Å². The van der Waals surface area contributed by atoms with E-state index in [4.69, 9.17) is 9.47 Å². The molecule has 22 heavy (non-hydrogen) atoms. The van der Waals surface area contributed by atoms with Crippen LogP contribution in [0.15, 0.2) is 23.2 Å². The summed E-state index contributed by atoms with van der Waals surface area (Å²) in [7, 11) is 1.69. The molecule has 0 fully saturated rings. The van der Waals surface area contributed by atoms with E-state index in [9.17, 15) is 0 Å². The molecule has 0 atom stereocenters. The number of hydrogen-bond acceptors (Lipinski definition) is 3. The number of aliphatic imine (C=N–C) groups is 1. The molecule has 2 rings (SSSR count). The summed E-state index contributed by atoms with van der Waals surface area (Å²) < 4.78 is 10.5. The van der Waals surface area contributed by atoms with E-state index in [1.165, 1.54) is 11.1 Å². The third-order valence-electron chi connectivity index (χ3n) is 3.37. The summed E-state index contributed by atoms with van der Waals surface area (Å²) in [5.41, 5.74) is 2.66. The molecule has 1 heterocycles. The molecule has 0 aromatic heterocycles. The summed E-state index contributed by atoms with van der Waals surface area (Å²) in [6, 6.07) is 6.47. The van der Waals surface area contributed by atoms with Gasteiger partial charge >= 0.3 is 0 Å². The van der Waals surface area contributed by atoms with Crippen LogP contribution >= 0.6 is 24.0 Å².